The van der Waals surface area contributed by atoms with Gasteiger partial charge < -0.3 is 4.42 Å². The van der Waals surface area contributed by atoms with Crippen molar-refractivity contribution in [1.82, 2.24) is 0 Å². The van der Waals surface area contributed by atoms with Gasteiger partial charge in [-0.1, -0.05) is 54.6 Å². The molecule has 6 rings (SSSR count). The summed E-state index contributed by atoms with van der Waals surface area (Å²) in [6.07, 6.45) is 2.03. The molecule has 0 radical (unpaired) electrons. The molecule has 0 saturated carbocycles. The number of benzene rings is 4. The highest BCUT2D eigenvalue weighted by Gasteiger charge is 2.20. The zero-order valence-corrected chi connectivity index (χ0v) is 19.0. The lowest BCUT2D eigenvalue weighted by Crippen LogP contribution is -2.30. The number of hydrogen-bond donors (Lipinski definition) is 0. The summed E-state index contributed by atoms with van der Waals surface area (Å²) in [6.45, 7) is 2.10. The first-order chi connectivity index (χ1) is 16.6. The fraction of sp³-hybridized carbons (Fsp3) is 0.0645. The lowest BCUT2D eigenvalue weighted by molar-refractivity contribution is -0.660. The van der Waals surface area contributed by atoms with E-state index < -0.39 is 0 Å². The monoisotopic (exact) mass is 444 g/mol. The molecule has 0 aliphatic carbocycles. The van der Waals surface area contributed by atoms with Gasteiger partial charge in [-0.25, -0.2) is 8.96 Å². The first-order valence-electron chi connectivity index (χ1n) is 11.4. The quantitative estimate of drug-likeness (QED) is 0.254. The van der Waals surface area contributed by atoms with Crippen LogP contribution >= 0.6 is 0 Å². The molecule has 0 atom stereocenters. The number of aryl methyl sites for hydroxylation is 2. The Kier molecular flexibility index (Phi) is 4.77. The molecule has 0 fully saturated rings. The molecule has 2 aromatic heterocycles. The summed E-state index contributed by atoms with van der Waals surface area (Å²) in [4.78, 5) is 0. The van der Waals surface area contributed by atoms with Gasteiger partial charge in [0.25, 0.3) is 0 Å². The third-order valence-corrected chi connectivity index (χ3v) is 6.55. The van der Waals surface area contributed by atoms with Gasteiger partial charge in [0.2, 0.25) is 5.69 Å². The molecule has 2 nitrogen and oxygen atoms in total. The smallest absolute Gasteiger partial charge is 0.212 e. The highest BCUT2D eigenvalue weighted by atomic mass is 19.1. The highest BCUT2D eigenvalue weighted by Crippen LogP contribution is 2.40. The van der Waals surface area contributed by atoms with Crippen molar-refractivity contribution in [3.63, 3.8) is 0 Å². The largest absolute Gasteiger partial charge is 0.455 e. The van der Waals surface area contributed by atoms with Gasteiger partial charge in [-0.3, -0.25) is 0 Å². The lowest BCUT2D eigenvalue weighted by atomic mass is 9.97. The van der Waals surface area contributed by atoms with Crippen LogP contribution in [0, 0.1) is 12.7 Å². The Hall–Kier alpha value is -4.24. The Morgan fingerprint density at radius 2 is 1.41 bits per heavy atom. The second kappa shape index (κ2) is 7.96. The number of furan rings is 1. The summed E-state index contributed by atoms with van der Waals surface area (Å²) >= 11 is 0. The van der Waals surface area contributed by atoms with Crippen molar-refractivity contribution in [2.45, 2.75) is 6.92 Å². The lowest BCUT2D eigenvalue weighted by Gasteiger charge is -2.07. The van der Waals surface area contributed by atoms with Crippen LogP contribution in [0.15, 0.2) is 108 Å². The molecular formula is C31H23FNO+. The number of hydrogen-bond acceptors (Lipinski definition) is 1. The minimum atomic E-state index is -0.287. The first kappa shape index (κ1) is 20.4. The number of aromatic nitrogens is 1. The number of pyridine rings is 1. The molecule has 4 aromatic carbocycles. The average molecular weight is 445 g/mol. The van der Waals surface area contributed by atoms with Gasteiger partial charge in [-0.05, 0) is 59.5 Å². The zero-order chi connectivity index (χ0) is 23.2. The van der Waals surface area contributed by atoms with Crippen LogP contribution in [0.2, 0.25) is 0 Å². The molecule has 2 heterocycles. The Labute approximate surface area is 197 Å². The summed E-state index contributed by atoms with van der Waals surface area (Å²) in [5.74, 6) is -0.287. The molecule has 0 amide bonds. The second-order valence-corrected chi connectivity index (χ2v) is 8.70. The SMILES string of the molecule is Cc1cc2c(cc1-c1cccc[n+]1C)oc1c(-c3ccc(-c4ccccc4)cc3)c(F)ccc12. The maximum atomic E-state index is 15.2. The van der Waals surface area contributed by atoms with E-state index in [1.165, 1.54) is 6.07 Å². The summed E-state index contributed by atoms with van der Waals surface area (Å²) in [5, 5.41) is 1.92. The van der Waals surface area contributed by atoms with Crippen molar-refractivity contribution in [2.24, 2.45) is 7.05 Å². The second-order valence-electron chi connectivity index (χ2n) is 8.70. The average Bonchev–Trinajstić information content (AvgIpc) is 3.22. The first-order valence-corrected chi connectivity index (χ1v) is 11.4. The van der Waals surface area contributed by atoms with Crippen LogP contribution in [0.5, 0.6) is 0 Å². The van der Waals surface area contributed by atoms with E-state index in [0.717, 1.165) is 49.9 Å². The van der Waals surface area contributed by atoms with Crippen LogP contribution in [0.3, 0.4) is 0 Å². The standard InChI is InChI=1S/C31H23FNO/c1-20-18-26-24-15-16-27(32)30(23-13-11-22(12-14-23)21-8-4-3-5-9-21)31(24)34-29(26)19-25(20)28-10-6-7-17-33(28)2/h3-19H,1-2H3/q+1. The molecule has 0 unspecified atom stereocenters. The van der Waals surface area contributed by atoms with Crippen molar-refractivity contribution < 1.29 is 13.4 Å². The van der Waals surface area contributed by atoms with E-state index >= 15 is 4.39 Å². The number of fused-ring (bicyclic) bond motifs is 3. The molecule has 6 aromatic rings. The van der Waals surface area contributed by atoms with Crippen molar-refractivity contribution in [3.05, 3.63) is 115 Å². The minimum Gasteiger partial charge on any atom is -0.455 e. The highest BCUT2D eigenvalue weighted by molar-refractivity contribution is 6.10. The topological polar surface area (TPSA) is 17.0 Å². The van der Waals surface area contributed by atoms with E-state index in [-0.39, 0.29) is 5.82 Å². The molecule has 3 heteroatoms. The Morgan fingerprint density at radius 1 is 0.706 bits per heavy atom. The van der Waals surface area contributed by atoms with Gasteiger partial charge >= 0.3 is 0 Å². The van der Waals surface area contributed by atoms with Crippen molar-refractivity contribution in [1.29, 1.82) is 0 Å². The van der Waals surface area contributed by atoms with Crippen molar-refractivity contribution >= 4 is 21.9 Å². The number of nitrogens with zero attached hydrogens (tertiary/aromatic N) is 1. The molecule has 34 heavy (non-hydrogen) atoms. The van der Waals surface area contributed by atoms with E-state index in [2.05, 4.69) is 41.8 Å². The maximum Gasteiger partial charge on any atom is 0.212 e. The van der Waals surface area contributed by atoms with E-state index in [9.17, 15) is 0 Å². The van der Waals surface area contributed by atoms with Crippen molar-refractivity contribution in [2.75, 3.05) is 0 Å². The van der Waals surface area contributed by atoms with Gasteiger partial charge in [0.1, 0.15) is 24.0 Å². The molecule has 0 spiro atoms. The van der Waals surface area contributed by atoms with Gasteiger partial charge in [0.05, 0.1) is 11.1 Å². The van der Waals surface area contributed by atoms with Crippen LogP contribution in [-0.2, 0) is 7.05 Å². The van der Waals surface area contributed by atoms with Gasteiger partial charge in [0.15, 0.2) is 6.20 Å². The molecule has 164 valence electrons. The zero-order valence-electron chi connectivity index (χ0n) is 19.0. The molecule has 0 N–H and O–H groups in total. The Balaban J connectivity index is 1.53. The maximum absolute atomic E-state index is 15.2. The fourth-order valence-corrected chi connectivity index (χ4v) is 4.78. The summed E-state index contributed by atoms with van der Waals surface area (Å²) in [5.41, 5.74) is 8.21. The van der Waals surface area contributed by atoms with Gasteiger partial charge in [-0.15, -0.1) is 0 Å². The predicted octanol–water partition coefficient (Wildman–Crippen LogP) is 7.86. The van der Waals surface area contributed by atoms with Crippen LogP contribution in [0.1, 0.15) is 5.56 Å². The van der Waals surface area contributed by atoms with E-state index in [1.54, 1.807) is 0 Å². The van der Waals surface area contributed by atoms with E-state index in [4.69, 9.17) is 4.42 Å². The van der Waals surface area contributed by atoms with Crippen LogP contribution < -0.4 is 4.57 Å². The van der Waals surface area contributed by atoms with E-state index in [1.807, 2.05) is 73.9 Å². The molecule has 0 aliphatic rings. The molecule has 0 aliphatic heterocycles. The van der Waals surface area contributed by atoms with Crippen LogP contribution in [0.4, 0.5) is 4.39 Å². The van der Waals surface area contributed by atoms with E-state index in [0.29, 0.717) is 11.1 Å². The number of halogens is 1. The summed E-state index contributed by atoms with van der Waals surface area (Å²) < 4.78 is 23.6. The van der Waals surface area contributed by atoms with Crippen LogP contribution in [-0.4, -0.2) is 0 Å². The molecule has 0 bridgehead atoms. The van der Waals surface area contributed by atoms with Gasteiger partial charge in [0, 0.05) is 22.9 Å². The molecular weight excluding hydrogens is 421 g/mol. The molecule has 0 saturated heterocycles. The van der Waals surface area contributed by atoms with Gasteiger partial charge in [-0.2, -0.15) is 0 Å². The third-order valence-electron chi connectivity index (χ3n) is 6.55. The van der Waals surface area contributed by atoms with Crippen LogP contribution in [0.25, 0.3) is 55.4 Å². The third kappa shape index (κ3) is 3.29. The number of rotatable bonds is 3. The predicted molar refractivity (Wildman–Crippen MR) is 136 cm³/mol. The normalized spacial score (nSPS) is 11.4. The Bertz CT molecular complexity index is 1660. The Morgan fingerprint density at radius 3 is 2.18 bits per heavy atom. The van der Waals surface area contributed by atoms with Crippen molar-refractivity contribution in [3.8, 4) is 33.5 Å². The summed E-state index contributed by atoms with van der Waals surface area (Å²) in [7, 11) is 2.03. The summed E-state index contributed by atoms with van der Waals surface area (Å²) in [6, 6.07) is 31.9. The minimum absolute atomic E-state index is 0.287. The fourth-order valence-electron chi connectivity index (χ4n) is 4.78.